The van der Waals surface area contributed by atoms with E-state index in [0.717, 1.165) is 31.5 Å². The van der Waals surface area contributed by atoms with Crippen LogP contribution < -0.4 is 10.1 Å². The van der Waals surface area contributed by atoms with Crippen LogP contribution >= 0.6 is 0 Å². The number of hydrogen-bond acceptors (Lipinski definition) is 4. The number of hydrogen-bond donors (Lipinski definition) is 1. The lowest BCUT2D eigenvalue weighted by molar-refractivity contribution is 0.381. The van der Waals surface area contributed by atoms with E-state index >= 15 is 0 Å². The van der Waals surface area contributed by atoms with Crippen molar-refractivity contribution in [3.63, 3.8) is 0 Å². The summed E-state index contributed by atoms with van der Waals surface area (Å²) in [4.78, 5) is 4.31. The summed E-state index contributed by atoms with van der Waals surface area (Å²) in [7, 11) is 1.66. The number of rotatable bonds is 8. The average Bonchev–Trinajstić information content (AvgIpc) is 2.99. The molecule has 0 fully saturated rings. The molecule has 0 saturated heterocycles. The van der Waals surface area contributed by atoms with Crippen molar-refractivity contribution in [3.8, 4) is 5.88 Å². The Bertz CT molecular complexity index is 553. The Morgan fingerprint density at radius 1 is 1.38 bits per heavy atom. The Balaban J connectivity index is 2.20. The van der Waals surface area contributed by atoms with E-state index < -0.39 is 0 Å². The van der Waals surface area contributed by atoms with Crippen LogP contribution in [0.15, 0.2) is 30.7 Å². The van der Waals surface area contributed by atoms with E-state index in [4.69, 9.17) is 4.74 Å². The van der Waals surface area contributed by atoms with Gasteiger partial charge in [-0.1, -0.05) is 13.0 Å². The van der Waals surface area contributed by atoms with E-state index in [0.29, 0.717) is 5.88 Å². The van der Waals surface area contributed by atoms with Gasteiger partial charge in [0.2, 0.25) is 5.88 Å². The maximum Gasteiger partial charge on any atom is 0.217 e. The molecule has 5 nitrogen and oxygen atoms in total. The molecule has 5 heteroatoms. The van der Waals surface area contributed by atoms with Crippen LogP contribution in [0.2, 0.25) is 0 Å². The van der Waals surface area contributed by atoms with Crippen molar-refractivity contribution >= 4 is 0 Å². The lowest BCUT2D eigenvalue weighted by atomic mass is 10.0. The fraction of sp³-hybridized carbons (Fsp3) is 0.500. The molecule has 2 aromatic heterocycles. The zero-order valence-electron chi connectivity index (χ0n) is 13.0. The van der Waals surface area contributed by atoms with Crippen LogP contribution in [0.1, 0.15) is 37.4 Å². The second-order valence-corrected chi connectivity index (χ2v) is 5.02. The molecule has 0 aliphatic carbocycles. The van der Waals surface area contributed by atoms with Crippen LogP contribution in [0.5, 0.6) is 5.88 Å². The summed E-state index contributed by atoms with van der Waals surface area (Å²) < 4.78 is 7.35. The molecular formula is C16H24N4O. The lowest BCUT2D eigenvalue weighted by Crippen LogP contribution is -2.24. The van der Waals surface area contributed by atoms with Gasteiger partial charge in [0.15, 0.2) is 0 Å². The number of aromatic nitrogens is 3. The molecule has 0 bridgehead atoms. The standard InChI is InChI=1S/C16H24N4O/c1-4-8-17-15(10-13-11-19-20(5-2)12-13)14-7-6-9-18-16(14)21-3/h6-7,9,11-12,15,17H,4-5,8,10H2,1-3H3. The van der Waals surface area contributed by atoms with Gasteiger partial charge < -0.3 is 10.1 Å². The minimum Gasteiger partial charge on any atom is -0.481 e. The summed E-state index contributed by atoms with van der Waals surface area (Å²) in [6.07, 6.45) is 7.76. The molecule has 21 heavy (non-hydrogen) atoms. The number of methoxy groups -OCH3 is 1. The average molecular weight is 288 g/mol. The van der Waals surface area contributed by atoms with Crippen molar-refractivity contribution < 1.29 is 4.74 Å². The van der Waals surface area contributed by atoms with Gasteiger partial charge in [-0.15, -0.1) is 0 Å². The Morgan fingerprint density at radius 2 is 2.24 bits per heavy atom. The third kappa shape index (κ3) is 4.04. The molecule has 0 radical (unpaired) electrons. The first-order valence-corrected chi connectivity index (χ1v) is 7.52. The lowest BCUT2D eigenvalue weighted by Gasteiger charge is -2.20. The first-order chi connectivity index (χ1) is 10.3. The Morgan fingerprint density at radius 3 is 2.90 bits per heavy atom. The van der Waals surface area contributed by atoms with Gasteiger partial charge in [-0.05, 0) is 37.9 Å². The predicted molar refractivity (Wildman–Crippen MR) is 83.4 cm³/mol. The third-order valence-corrected chi connectivity index (χ3v) is 3.46. The van der Waals surface area contributed by atoms with Crippen molar-refractivity contribution in [1.29, 1.82) is 0 Å². The molecule has 2 aromatic rings. The molecule has 0 aliphatic rings. The molecule has 0 aliphatic heterocycles. The van der Waals surface area contributed by atoms with Crippen molar-refractivity contribution in [2.75, 3.05) is 13.7 Å². The van der Waals surface area contributed by atoms with Gasteiger partial charge in [-0.25, -0.2) is 4.98 Å². The smallest absolute Gasteiger partial charge is 0.217 e. The maximum absolute atomic E-state index is 5.40. The molecule has 0 amide bonds. The van der Waals surface area contributed by atoms with E-state index in [1.54, 1.807) is 13.3 Å². The van der Waals surface area contributed by atoms with Gasteiger partial charge in [0.25, 0.3) is 0 Å². The van der Waals surface area contributed by atoms with E-state index in [9.17, 15) is 0 Å². The molecule has 114 valence electrons. The van der Waals surface area contributed by atoms with Crippen molar-refractivity contribution in [2.45, 2.75) is 39.3 Å². The van der Waals surface area contributed by atoms with E-state index in [1.807, 2.05) is 16.9 Å². The fourth-order valence-electron chi connectivity index (χ4n) is 2.37. The quantitative estimate of drug-likeness (QED) is 0.811. The van der Waals surface area contributed by atoms with Crippen molar-refractivity contribution in [2.24, 2.45) is 0 Å². The summed E-state index contributed by atoms with van der Waals surface area (Å²) in [6, 6.07) is 4.21. The Kier molecular flexibility index (Phi) is 5.75. The van der Waals surface area contributed by atoms with Gasteiger partial charge in [0.1, 0.15) is 0 Å². The molecule has 1 atom stereocenters. The largest absolute Gasteiger partial charge is 0.481 e. The van der Waals surface area contributed by atoms with E-state index in [1.165, 1.54) is 5.56 Å². The zero-order valence-corrected chi connectivity index (χ0v) is 13.0. The van der Waals surface area contributed by atoms with Crippen LogP contribution in [0.4, 0.5) is 0 Å². The predicted octanol–water partition coefficient (Wildman–Crippen LogP) is 2.59. The Hall–Kier alpha value is -1.88. The van der Waals surface area contributed by atoms with Crippen molar-refractivity contribution in [1.82, 2.24) is 20.1 Å². The van der Waals surface area contributed by atoms with Crippen LogP contribution in [-0.4, -0.2) is 28.4 Å². The molecular weight excluding hydrogens is 264 g/mol. The second-order valence-electron chi connectivity index (χ2n) is 5.02. The van der Waals surface area contributed by atoms with Gasteiger partial charge in [-0.2, -0.15) is 5.10 Å². The zero-order chi connectivity index (χ0) is 15.1. The SMILES string of the molecule is CCCNC(Cc1cnn(CC)c1)c1cccnc1OC. The van der Waals surface area contributed by atoms with Gasteiger partial charge in [0.05, 0.1) is 13.3 Å². The molecule has 1 unspecified atom stereocenters. The highest BCUT2D eigenvalue weighted by Crippen LogP contribution is 2.25. The highest BCUT2D eigenvalue weighted by Gasteiger charge is 2.17. The summed E-state index contributed by atoms with van der Waals surface area (Å²) in [5, 5.41) is 7.93. The minimum atomic E-state index is 0.183. The molecule has 0 spiro atoms. The summed E-state index contributed by atoms with van der Waals surface area (Å²) >= 11 is 0. The summed E-state index contributed by atoms with van der Waals surface area (Å²) in [5.41, 5.74) is 2.31. The topological polar surface area (TPSA) is 52.0 Å². The first kappa shape index (κ1) is 15.5. The minimum absolute atomic E-state index is 0.183. The fourth-order valence-corrected chi connectivity index (χ4v) is 2.37. The number of nitrogens with zero attached hydrogens (tertiary/aromatic N) is 3. The molecule has 2 rings (SSSR count). The van der Waals surface area contributed by atoms with Crippen molar-refractivity contribution in [3.05, 3.63) is 41.9 Å². The van der Waals surface area contributed by atoms with Gasteiger partial charge in [0, 0.05) is 30.5 Å². The second kappa shape index (κ2) is 7.78. The highest BCUT2D eigenvalue weighted by atomic mass is 16.5. The summed E-state index contributed by atoms with van der Waals surface area (Å²) in [5.74, 6) is 0.689. The van der Waals surface area contributed by atoms with Crippen LogP contribution in [-0.2, 0) is 13.0 Å². The number of nitrogens with one attached hydrogen (secondary N) is 1. The van der Waals surface area contributed by atoms with Crippen LogP contribution in [0.3, 0.4) is 0 Å². The van der Waals surface area contributed by atoms with Crippen LogP contribution in [0, 0.1) is 0 Å². The molecule has 2 heterocycles. The maximum atomic E-state index is 5.40. The van der Waals surface area contributed by atoms with E-state index in [2.05, 4.69) is 41.5 Å². The number of pyridine rings is 1. The first-order valence-electron chi connectivity index (χ1n) is 7.52. The monoisotopic (exact) mass is 288 g/mol. The molecule has 1 N–H and O–H groups in total. The normalized spacial score (nSPS) is 12.3. The third-order valence-electron chi connectivity index (χ3n) is 3.46. The molecule has 0 aromatic carbocycles. The van der Waals surface area contributed by atoms with Crippen LogP contribution in [0.25, 0.3) is 0 Å². The van der Waals surface area contributed by atoms with Gasteiger partial charge in [-0.3, -0.25) is 4.68 Å². The number of aryl methyl sites for hydroxylation is 1. The Labute approximate surface area is 126 Å². The molecule has 0 saturated carbocycles. The number of ether oxygens (including phenoxy) is 1. The highest BCUT2D eigenvalue weighted by molar-refractivity contribution is 5.30. The van der Waals surface area contributed by atoms with Gasteiger partial charge >= 0.3 is 0 Å². The van der Waals surface area contributed by atoms with E-state index in [-0.39, 0.29) is 6.04 Å². The summed E-state index contributed by atoms with van der Waals surface area (Å²) in [6.45, 7) is 6.11.